The van der Waals surface area contributed by atoms with Crippen molar-refractivity contribution in [3.05, 3.63) is 32.6 Å². The molecule has 0 bridgehead atoms. The summed E-state index contributed by atoms with van der Waals surface area (Å²) in [6.45, 7) is 1.30. The number of nitrogens with zero attached hydrogens (tertiary/aromatic N) is 1. The van der Waals surface area contributed by atoms with E-state index in [0.717, 1.165) is 0 Å². The minimum absolute atomic E-state index is 0.279. The fourth-order valence-electron chi connectivity index (χ4n) is 2.05. The number of aliphatic hydroxyl groups excluding tert-OH is 1. The summed E-state index contributed by atoms with van der Waals surface area (Å²) in [6, 6.07) is 0. The summed E-state index contributed by atoms with van der Waals surface area (Å²) in [6.07, 6.45) is 0.478. The predicted molar refractivity (Wildman–Crippen MR) is 72.8 cm³/mol. The first-order valence-electron chi connectivity index (χ1n) is 5.62. The normalized spacial score (nSPS) is 28.5. The largest absolute Gasteiger partial charge is 0.394 e. The molecule has 106 valence electrons. The minimum atomic E-state index is -1.32. The highest BCUT2D eigenvalue weighted by molar-refractivity contribution is 8.26. The zero-order chi connectivity index (χ0) is 14.2. The van der Waals surface area contributed by atoms with E-state index >= 15 is 0 Å². The second-order valence-corrected chi connectivity index (χ2v) is 6.52. The van der Waals surface area contributed by atoms with Crippen molar-refractivity contribution in [2.45, 2.75) is 30.9 Å². The van der Waals surface area contributed by atoms with Crippen molar-refractivity contribution in [3.63, 3.8) is 0 Å². The Hall–Kier alpha value is -0.870. The Morgan fingerprint density at radius 1 is 1.63 bits per heavy atom. The van der Waals surface area contributed by atoms with Crippen LogP contribution in [0.4, 0.5) is 0 Å². The maximum atomic E-state index is 11.7. The van der Waals surface area contributed by atoms with Gasteiger partial charge < -0.3 is 14.4 Å². The molecule has 1 fully saturated rings. The highest BCUT2D eigenvalue weighted by atomic mass is 32.8. The van der Waals surface area contributed by atoms with Crippen LogP contribution < -0.4 is 11.2 Å². The molecule has 3 N–H and O–H groups in total. The molecule has 1 aliphatic heterocycles. The van der Waals surface area contributed by atoms with E-state index in [1.807, 2.05) is 0 Å². The lowest BCUT2D eigenvalue weighted by atomic mass is 10.2. The molecule has 2 rings (SSSR count). The number of aliphatic hydroxyl groups is 1. The summed E-state index contributed by atoms with van der Waals surface area (Å²) >= 11 is 4.81. The molecule has 1 saturated heterocycles. The van der Waals surface area contributed by atoms with Crippen LogP contribution in [0.2, 0.25) is 0 Å². The van der Waals surface area contributed by atoms with Gasteiger partial charge in [0.05, 0.1) is 18.0 Å². The molecule has 0 aliphatic carbocycles. The smallest absolute Gasteiger partial charge is 0.330 e. The lowest BCUT2D eigenvalue weighted by molar-refractivity contribution is -0.0240. The quantitative estimate of drug-likeness (QED) is 0.665. The monoisotopic (exact) mass is 306 g/mol. The van der Waals surface area contributed by atoms with E-state index in [1.165, 1.54) is 10.8 Å². The van der Waals surface area contributed by atoms with Crippen molar-refractivity contribution in [2.24, 2.45) is 0 Å². The molecule has 9 heteroatoms. The third-order valence-corrected chi connectivity index (χ3v) is 4.83. The molecule has 1 aromatic rings. The molecule has 1 aromatic heterocycles. The van der Waals surface area contributed by atoms with Gasteiger partial charge in [0.1, 0.15) is 6.23 Å². The predicted octanol–water partition coefficient (Wildman–Crippen LogP) is -0.953. The lowest BCUT2D eigenvalue weighted by Crippen LogP contribution is -2.33. The number of aromatic nitrogens is 2. The summed E-state index contributed by atoms with van der Waals surface area (Å²) in [5.74, 6) is 0. The first kappa shape index (κ1) is 14.5. The summed E-state index contributed by atoms with van der Waals surface area (Å²) in [4.78, 5) is 25.2. The molecule has 0 radical (unpaired) electrons. The average Bonchev–Trinajstić information content (AvgIpc) is 2.77. The van der Waals surface area contributed by atoms with E-state index in [0.29, 0.717) is 12.0 Å². The van der Waals surface area contributed by atoms with Crippen LogP contribution >= 0.6 is 0 Å². The van der Waals surface area contributed by atoms with Gasteiger partial charge in [0.2, 0.25) is 0 Å². The van der Waals surface area contributed by atoms with E-state index in [2.05, 4.69) is 4.98 Å². The van der Waals surface area contributed by atoms with Gasteiger partial charge in [0.25, 0.3) is 5.56 Å². The van der Waals surface area contributed by atoms with Crippen LogP contribution in [0.25, 0.3) is 0 Å². The Bertz CT molecular complexity index is 611. The first-order valence-corrected chi connectivity index (χ1v) is 7.79. The van der Waals surface area contributed by atoms with Gasteiger partial charge in [0.15, 0.2) is 0 Å². The molecule has 2 heterocycles. The van der Waals surface area contributed by atoms with Crippen LogP contribution in [0.15, 0.2) is 15.8 Å². The van der Waals surface area contributed by atoms with Gasteiger partial charge in [-0.15, -0.1) is 0 Å². The fraction of sp³-hybridized carbons (Fsp3) is 0.600. The van der Waals surface area contributed by atoms with Crippen LogP contribution in [0.3, 0.4) is 0 Å². The Morgan fingerprint density at radius 2 is 2.32 bits per heavy atom. The van der Waals surface area contributed by atoms with Crippen LogP contribution in [0.1, 0.15) is 18.2 Å². The van der Waals surface area contributed by atoms with Crippen LogP contribution in [-0.4, -0.2) is 37.2 Å². The Labute approximate surface area is 115 Å². The van der Waals surface area contributed by atoms with Crippen molar-refractivity contribution in [3.8, 4) is 0 Å². The topological polar surface area (TPSA) is 105 Å². The molecular formula is C10H14N2O5S2. The molecular weight excluding hydrogens is 292 g/mol. The third kappa shape index (κ3) is 2.84. The van der Waals surface area contributed by atoms with Crippen molar-refractivity contribution in [2.75, 3.05) is 6.61 Å². The Balaban J connectivity index is 2.35. The average molecular weight is 306 g/mol. The third-order valence-electron chi connectivity index (χ3n) is 3.08. The second-order valence-electron chi connectivity index (χ2n) is 4.34. The SMILES string of the molecule is Cc1cn([C@H]2CC(S(O)=S)[C@@H](CO)O2)c(=O)[nH]c1=O. The summed E-state index contributed by atoms with van der Waals surface area (Å²) in [7, 11) is -1.32. The van der Waals surface area contributed by atoms with E-state index in [4.69, 9.17) is 15.9 Å². The van der Waals surface area contributed by atoms with Crippen molar-refractivity contribution in [1.29, 1.82) is 0 Å². The van der Waals surface area contributed by atoms with Gasteiger partial charge in [-0.2, -0.15) is 0 Å². The lowest BCUT2D eigenvalue weighted by Gasteiger charge is -2.15. The van der Waals surface area contributed by atoms with Crippen molar-refractivity contribution < 1.29 is 14.4 Å². The molecule has 4 atom stereocenters. The number of hydrogen-bond acceptors (Lipinski definition) is 5. The maximum absolute atomic E-state index is 11.7. The second kappa shape index (κ2) is 5.63. The number of ether oxygens (including phenoxy) is 1. The summed E-state index contributed by atoms with van der Waals surface area (Å²) in [5, 5.41) is 8.80. The standard InChI is InChI=1S/C10H14N2O5S2/c1-5-3-12(10(15)11-9(5)14)8-2-7(19(16)18)6(4-13)17-8/h3,6-8,13H,2,4H2,1H3,(H,16,18)(H,11,14,15)/t6-,7?,8-,19?/m1/s1. The van der Waals surface area contributed by atoms with Gasteiger partial charge in [0, 0.05) is 27.9 Å². The first-order chi connectivity index (χ1) is 8.93. The van der Waals surface area contributed by atoms with Crippen molar-refractivity contribution >= 4 is 20.9 Å². The van der Waals surface area contributed by atoms with Gasteiger partial charge in [-0.3, -0.25) is 14.3 Å². The maximum Gasteiger partial charge on any atom is 0.330 e. The number of rotatable bonds is 3. The van der Waals surface area contributed by atoms with E-state index in [-0.39, 0.29) is 6.61 Å². The number of aromatic amines is 1. The van der Waals surface area contributed by atoms with E-state index < -0.39 is 38.6 Å². The van der Waals surface area contributed by atoms with Crippen LogP contribution in [-0.2, 0) is 25.7 Å². The Morgan fingerprint density at radius 3 is 2.84 bits per heavy atom. The molecule has 1 aliphatic rings. The van der Waals surface area contributed by atoms with Crippen LogP contribution in [0, 0.1) is 6.92 Å². The zero-order valence-corrected chi connectivity index (χ0v) is 11.7. The van der Waals surface area contributed by atoms with E-state index in [1.54, 1.807) is 6.92 Å². The molecule has 0 aromatic carbocycles. The number of hydrogen-bond donors (Lipinski definition) is 3. The van der Waals surface area contributed by atoms with Crippen LogP contribution in [0.5, 0.6) is 0 Å². The summed E-state index contributed by atoms with van der Waals surface area (Å²) in [5.41, 5.74) is -0.645. The van der Waals surface area contributed by atoms with E-state index in [9.17, 15) is 19.2 Å². The molecule has 2 unspecified atom stereocenters. The number of aryl methyl sites for hydroxylation is 1. The highest BCUT2D eigenvalue weighted by Gasteiger charge is 2.38. The van der Waals surface area contributed by atoms with Crippen molar-refractivity contribution in [1.82, 2.24) is 9.55 Å². The van der Waals surface area contributed by atoms with Gasteiger partial charge in [-0.05, 0) is 18.1 Å². The summed E-state index contributed by atoms with van der Waals surface area (Å²) < 4.78 is 16.3. The molecule has 19 heavy (non-hydrogen) atoms. The van der Waals surface area contributed by atoms with Gasteiger partial charge >= 0.3 is 5.69 Å². The molecule has 7 nitrogen and oxygen atoms in total. The highest BCUT2D eigenvalue weighted by Crippen LogP contribution is 2.30. The van der Waals surface area contributed by atoms with Gasteiger partial charge in [-0.25, -0.2) is 4.79 Å². The Kier molecular flexibility index (Phi) is 4.31. The molecule has 0 saturated carbocycles. The zero-order valence-electron chi connectivity index (χ0n) is 10.1. The fourth-order valence-corrected chi connectivity index (χ4v) is 3.39. The molecule has 0 amide bonds. The minimum Gasteiger partial charge on any atom is -0.394 e. The van der Waals surface area contributed by atoms with Gasteiger partial charge in [-0.1, -0.05) is 0 Å². The number of H-pyrrole nitrogens is 1. The number of nitrogens with one attached hydrogen (secondary N) is 1. The molecule has 0 spiro atoms.